The Balaban J connectivity index is 1.81. The van der Waals surface area contributed by atoms with Crippen molar-refractivity contribution in [1.29, 1.82) is 0 Å². The van der Waals surface area contributed by atoms with E-state index in [0.717, 1.165) is 16.8 Å². The second-order valence-electron chi connectivity index (χ2n) is 6.72. The number of carbonyl (C=O) groups excluding carboxylic acids is 2. The zero-order valence-electron chi connectivity index (χ0n) is 16.3. The van der Waals surface area contributed by atoms with Crippen LogP contribution in [0.25, 0.3) is 0 Å². The van der Waals surface area contributed by atoms with Crippen LogP contribution in [0.3, 0.4) is 0 Å². The second kappa shape index (κ2) is 8.00. The van der Waals surface area contributed by atoms with Crippen molar-refractivity contribution in [3.05, 3.63) is 76.7 Å². The van der Waals surface area contributed by atoms with Crippen LogP contribution in [-0.2, 0) is 0 Å². The first-order valence-corrected chi connectivity index (χ1v) is 8.94. The summed E-state index contributed by atoms with van der Waals surface area (Å²) in [6.45, 7) is 7.27. The molecule has 0 aliphatic rings. The van der Waals surface area contributed by atoms with Crippen LogP contribution >= 0.6 is 0 Å². The van der Waals surface area contributed by atoms with E-state index in [4.69, 9.17) is 0 Å². The summed E-state index contributed by atoms with van der Waals surface area (Å²) in [4.78, 5) is 32.6. The number of ketones is 1. The minimum absolute atomic E-state index is 0.0218. The average molecular weight is 374 g/mol. The third-order valence-corrected chi connectivity index (χ3v) is 4.28. The highest BCUT2D eigenvalue weighted by molar-refractivity contribution is 6.03. The lowest BCUT2D eigenvalue weighted by atomic mass is 10.1. The molecule has 3 rings (SSSR count). The molecule has 0 aliphatic carbocycles. The van der Waals surface area contributed by atoms with Gasteiger partial charge in [0.25, 0.3) is 5.91 Å². The summed E-state index contributed by atoms with van der Waals surface area (Å²) in [5, 5.41) is 6.06. The summed E-state index contributed by atoms with van der Waals surface area (Å²) in [5.41, 5.74) is 4.59. The number of benzene rings is 2. The second-order valence-corrected chi connectivity index (χ2v) is 6.72. The molecule has 0 atom stereocenters. The zero-order chi connectivity index (χ0) is 20.3. The van der Waals surface area contributed by atoms with Crippen LogP contribution < -0.4 is 10.6 Å². The van der Waals surface area contributed by atoms with Crippen LogP contribution in [0.5, 0.6) is 0 Å². The van der Waals surface area contributed by atoms with Crippen LogP contribution in [0.1, 0.15) is 44.7 Å². The van der Waals surface area contributed by atoms with E-state index in [1.54, 1.807) is 37.3 Å². The number of anilines is 3. The van der Waals surface area contributed by atoms with Crippen molar-refractivity contribution in [3.8, 4) is 0 Å². The van der Waals surface area contributed by atoms with E-state index in [2.05, 4.69) is 20.6 Å². The Morgan fingerprint density at radius 2 is 1.61 bits per heavy atom. The fourth-order valence-electron chi connectivity index (χ4n) is 2.74. The molecule has 0 saturated heterocycles. The smallest absolute Gasteiger partial charge is 0.274 e. The highest BCUT2D eigenvalue weighted by Gasteiger charge is 2.12. The Hall–Kier alpha value is -3.54. The SMILES string of the molecule is CC(=O)c1ccc(NC(=O)c2cc(Nc3cc(C)ccc3C)nc(C)n2)cc1. The van der Waals surface area contributed by atoms with Gasteiger partial charge in [0.05, 0.1) is 0 Å². The maximum absolute atomic E-state index is 12.6. The number of hydrogen-bond donors (Lipinski definition) is 2. The van der Waals surface area contributed by atoms with E-state index in [-0.39, 0.29) is 17.4 Å². The number of carbonyl (C=O) groups is 2. The van der Waals surface area contributed by atoms with Crippen LogP contribution in [0.15, 0.2) is 48.5 Å². The van der Waals surface area contributed by atoms with E-state index in [0.29, 0.717) is 22.9 Å². The normalized spacial score (nSPS) is 10.4. The van der Waals surface area contributed by atoms with Gasteiger partial charge in [0.15, 0.2) is 5.78 Å². The van der Waals surface area contributed by atoms with Gasteiger partial charge >= 0.3 is 0 Å². The highest BCUT2D eigenvalue weighted by atomic mass is 16.2. The highest BCUT2D eigenvalue weighted by Crippen LogP contribution is 2.21. The fourth-order valence-corrected chi connectivity index (χ4v) is 2.74. The number of Topliss-reactive ketones (excluding diaryl/α,β-unsaturated/α-hetero) is 1. The van der Waals surface area contributed by atoms with E-state index < -0.39 is 0 Å². The first-order valence-electron chi connectivity index (χ1n) is 8.94. The molecule has 1 heterocycles. The molecule has 1 amide bonds. The van der Waals surface area contributed by atoms with Gasteiger partial charge < -0.3 is 10.6 Å². The van der Waals surface area contributed by atoms with Gasteiger partial charge in [-0.05, 0) is 69.2 Å². The van der Waals surface area contributed by atoms with Crippen molar-refractivity contribution < 1.29 is 9.59 Å². The lowest BCUT2D eigenvalue weighted by Gasteiger charge is -2.12. The molecule has 3 aromatic rings. The van der Waals surface area contributed by atoms with Crippen molar-refractivity contribution in [2.75, 3.05) is 10.6 Å². The summed E-state index contributed by atoms with van der Waals surface area (Å²) >= 11 is 0. The summed E-state index contributed by atoms with van der Waals surface area (Å²) in [6, 6.07) is 14.5. The zero-order valence-corrected chi connectivity index (χ0v) is 16.3. The van der Waals surface area contributed by atoms with Crippen LogP contribution in [0, 0.1) is 20.8 Å². The third kappa shape index (κ3) is 4.59. The number of nitrogens with zero attached hydrogens (tertiary/aromatic N) is 2. The van der Waals surface area contributed by atoms with Crippen LogP contribution in [0.4, 0.5) is 17.2 Å². The first-order chi connectivity index (χ1) is 13.3. The van der Waals surface area contributed by atoms with Crippen molar-refractivity contribution >= 4 is 28.9 Å². The molecule has 1 aromatic heterocycles. The number of aromatic nitrogens is 2. The van der Waals surface area contributed by atoms with E-state index >= 15 is 0 Å². The molecule has 28 heavy (non-hydrogen) atoms. The lowest BCUT2D eigenvalue weighted by molar-refractivity contribution is 0.101. The molecular formula is C22H22N4O2. The number of nitrogens with one attached hydrogen (secondary N) is 2. The Kier molecular flexibility index (Phi) is 5.49. The topological polar surface area (TPSA) is 84.0 Å². The van der Waals surface area contributed by atoms with Crippen LogP contribution in [0.2, 0.25) is 0 Å². The monoisotopic (exact) mass is 374 g/mol. The van der Waals surface area contributed by atoms with Gasteiger partial charge in [-0.1, -0.05) is 12.1 Å². The number of rotatable bonds is 5. The van der Waals surface area contributed by atoms with Gasteiger partial charge in [-0.2, -0.15) is 0 Å². The van der Waals surface area contributed by atoms with Gasteiger partial charge in [-0.15, -0.1) is 0 Å². The summed E-state index contributed by atoms with van der Waals surface area (Å²) in [5.74, 6) is 0.683. The average Bonchev–Trinajstić information content (AvgIpc) is 2.64. The Bertz CT molecular complexity index is 1040. The van der Waals surface area contributed by atoms with E-state index in [1.807, 2.05) is 32.0 Å². The maximum Gasteiger partial charge on any atom is 0.274 e. The molecular weight excluding hydrogens is 352 g/mol. The molecule has 0 saturated carbocycles. The van der Waals surface area contributed by atoms with Gasteiger partial charge in [0, 0.05) is 23.0 Å². The molecule has 0 aliphatic heterocycles. The van der Waals surface area contributed by atoms with Crippen molar-refractivity contribution in [2.24, 2.45) is 0 Å². The molecule has 2 aromatic carbocycles. The summed E-state index contributed by atoms with van der Waals surface area (Å²) < 4.78 is 0. The lowest BCUT2D eigenvalue weighted by Crippen LogP contribution is -2.15. The number of aryl methyl sites for hydroxylation is 3. The van der Waals surface area contributed by atoms with Gasteiger partial charge in [-0.25, -0.2) is 9.97 Å². The molecule has 6 heteroatoms. The molecule has 0 spiro atoms. The van der Waals surface area contributed by atoms with Crippen molar-refractivity contribution in [2.45, 2.75) is 27.7 Å². The minimum Gasteiger partial charge on any atom is -0.340 e. The predicted molar refractivity (Wildman–Crippen MR) is 110 cm³/mol. The predicted octanol–water partition coefficient (Wildman–Crippen LogP) is 4.60. The molecule has 6 nitrogen and oxygen atoms in total. The van der Waals surface area contributed by atoms with Crippen molar-refractivity contribution in [3.63, 3.8) is 0 Å². The van der Waals surface area contributed by atoms with Crippen molar-refractivity contribution in [1.82, 2.24) is 9.97 Å². The van der Waals surface area contributed by atoms with Gasteiger partial charge in [0.2, 0.25) is 0 Å². The van der Waals surface area contributed by atoms with Gasteiger partial charge in [-0.3, -0.25) is 9.59 Å². The minimum atomic E-state index is -0.343. The van der Waals surface area contributed by atoms with Gasteiger partial charge in [0.1, 0.15) is 17.3 Å². The third-order valence-electron chi connectivity index (χ3n) is 4.28. The summed E-state index contributed by atoms with van der Waals surface area (Å²) in [7, 11) is 0. The molecule has 2 N–H and O–H groups in total. The Morgan fingerprint density at radius 3 is 2.29 bits per heavy atom. The molecule has 0 bridgehead atoms. The van der Waals surface area contributed by atoms with E-state index in [9.17, 15) is 9.59 Å². The first kappa shape index (κ1) is 19.2. The molecule has 0 radical (unpaired) electrons. The Labute approximate surface area is 164 Å². The maximum atomic E-state index is 12.6. The molecule has 142 valence electrons. The standard InChI is InChI=1S/C22H22N4O2/c1-13-5-6-14(2)19(11-13)26-21-12-20(23-16(4)24-21)22(28)25-18-9-7-17(8-10-18)15(3)27/h5-12H,1-4H3,(H,25,28)(H,23,24,26). The number of amides is 1. The Morgan fingerprint density at radius 1 is 0.893 bits per heavy atom. The molecule has 0 unspecified atom stereocenters. The quantitative estimate of drug-likeness (QED) is 0.638. The summed E-state index contributed by atoms with van der Waals surface area (Å²) in [6.07, 6.45) is 0. The van der Waals surface area contributed by atoms with Crippen LogP contribution in [-0.4, -0.2) is 21.7 Å². The van der Waals surface area contributed by atoms with E-state index in [1.165, 1.54) is 6.92 Å². The fraction of sp³-hybridized carbons (Fsp3) is 0.182. The largest absolute Gasteiger partial charge is 0.340 e. The molecule has 0 fully saturated rings. The number of hydrogen-bond acceptors (Lipinski definition) is 5.